The Morgan fingerprint density at radius 2 is 1.82 bits per heavy atom. The van der Waals surface area contributed by atoms with Crippen LogP contribution in [-0.2, 0) is 6.54 Å². The summed E-state index contributed by atoms with van der Waals surface area (Å²) < 4.78 is 0. The quantitative estimate of drug-likeness (QED) is 0.855. The van der Waals surface area contributed by atoms with Gasteiger partial charge < -0.3 is 10.2 Å². The molecule has 0 saturated heterocycles. The molecule has 0 heterocycles. The van der Waals surface area contributed by atoms with Crippen molar-refractivity contribution in [3.05, 3.63) is 33.8 Å². The van der Waals surface area contributed by atoms with E-state index in [-0.39, 0.29) is 0 Å². The van der Waals surface area contributed by atoms with Crippen molar-refractivity contribution >= 4 is 23.2 Å². The first kappa shape index (κ1) is 14.8. The summed E-state index contributed by atoms with van der Waals surface area (Å²) in [5.41, 5.74) is 1.00. The molecule has 0 bridgehead atoms. The van der Waals surface area contributed by atoms with Gasteiger partial charge >= 0.3 is 0 Å². The third-order valence-electron chi connectivity index (χ3n) is 2.54. The summed E-state index contributed by atoms with van der Waals surface area (Å²) in [6.07, 6.45) is 0. The zero-order valence-corrected chi connectivity index (χ0v) is 12.1. The molecule has 0 saturated carbocycles. The van der Waals surface area contributed by atoms with Gasteiger partial charge in [0.15, 0.2) is 0 Å². The lowest BCUT2D eigenvalue weighted by Crippen LogP contribution is -2.32. The predicted molar refractivity (Wildman–Crippen MR) is 75.9 cm³/mol. The Bertz CT molecular complexity index is 333. The van der Waals surface area contributed by atoms with Crippen LogP contribution >= 0.6 is 23.2 Å². The Morgan fingerprint density at radius 1 is 1.24 bits per heavy atom. The van der Waals surface area contributed by atoms with E-state index in [0.717, 1.165) is 35.2 Å². The number of rotatable bonds is 6. The van der Waals surface area contributed by atoms with Crippen molar-refractivity contribution < 1.29 is 0 Å². The van der Waals surface area contributed by atoms with Gasteiger partial charge in [-0.2, -0.15) is 0 Å². The van der Waals surface area contributed by atoms with Gasteiger partial charge in [0.2, 0.25) is 0 Å². The summed E-state index contributed by atoms with van der Waals surface area (Å²) >= 11 is 12.3. The third kappa shape index (κ3) is 5.26. The molecule has 1 aromatic rings. The predicted octanol–water partition coefficient (Wildman–Crippen LogP) is 3.42. The minimum Gasteiger partial charge on any atom is -0.313 e. The van der Waals surface area contributed by atoms with Gasteiger partial charge in [-0.3, -0.25) is 0 Å². The molecule has 0 atom stereocenters. The van der Waals surface area contributed by atoms with Crippen LogP contribution in [0.1, 0.15) is 19.4 Å². The van der Waals surface area contributed by atoms with Gasteiger partial charge in [0.05, 0.1) is 0 Å². The number of benzene rings is 1. The molecule has 1 aromatic carbocycles. The number of hydrogen-bond acceptors (Lipinski definition) is 2. The van der Waals surface area contributed by atoms with Crippen molar-refractivity contribution in [1.82, 2.24) is 10.2 Å². The van der Waals surface area contributed by atoms with Crippen molar-refractivity contribution in [3.63, 3.8) is 0 Å². The van der Waals surface area contributed by atoms with Crippen LogP contribution in [0.3, 0.4) is 0 Å². The lowest BCUT2D eigenvalue weighted by atomic mass is 10.2. The molecule has 4 heteroatoms. The molecule has 0 aliphatic carbocycles. The first-order valence-corrected chi connectivity index (χ1v) is 6.61. The van der Waals surface area contributed by atoms with E-state index in [4.69, 9.17) is 23.2 Å². The summed E-state index contributed by atoms with van der Waals surface area (Å²) in [7, 11) is 2.07. The normalized spacial score (nSPS) is 11.5. The Morgan fingerprint density at radius 3 is 2.35 bits per heavy atom. The maximum absolute atomic E-state index is 6.13. The average Bonchev–Trinajstić information content (AvgIpc) is 2.23. The van der Waals surface area contributed by atoms with Crippen molar-refractivity contribution in [1.29, 1.82) is 0 Å². The molecule has 1 rings (SSSR count). The van der Waals surface area contributed by atoms with Gasteiger partial charge in [-0.1, -0.05) is 43.1 Å². The Hall–Kier alpha value is -0.280. The fraction of sp³-hybridized carbons (Fsp3) is 0.538. The van der Waals surface area contributed by atoms with E-state index in [0.29, 0.717) is 6.04 Å². The molecule has 0 aliphatic rings. The highest BCUT2D eigenvalue weighted by Crippen LogP contribution is 2.25. The number of likely N-dealkylation sites (N-methyl/N-ethyl adjacent to an activating group) is 1. The summed E-state index contributed by atoms with van der Waals surface area (Å²) in [6, 6.07) is 6.15. The smallest absolute Gasteiger partial charge is 0.0465 e. The Labute approximate surface area is 114 Å². The van der Waals surface area contributed by atoms with E-state index in [1.807, 2.05) is 18.2 Å². The zero-order valence-electron chi connectivity index (χ0n) is 10.6. The molecular weight excluding hydrogens is 255 g/mol. The number of nitrogens with zero attached hydrogens (tertiary/aromatic N) is 1. The second-order valence-electron chi connectivity index (χ2n) is 4.55. The van der Waals surface area contributed by atoms with Gasteiger partial charge in [-0.05, 0) is 19.2 Å². The highest BCUT2D eigenvalue weighted by molar-refractivity contribution is 6.35. The van der Waals surface area contributed by atoms with E-state index >= 15 is 0 Å². The minimum absolute atomic E-state index is 0.521. The Kier molecular flexibility index (Phi) is 6.28. The summed E-state index contributed by atoms with van der Waals surface area (Å²) in [5, 5.41) is 4.86. The maximum Gasteiger partial charge on any atom is 0.0465 e. The molecule has 1 N–H and O–H groups in total. The largest absolute Gasteiger partial charge is 0.313 e. The molecule has 0 radical (unpaired) electrons. The monoisotopic (exact) mass is 274 g/mol. The third-order valence-corrected chi connectivity index (χ3v) is 3.24. The SMILES string of the molecule is CC(C)NCCN(C)Cc1c(Cl)cccc1Cl. The van der Waals surface area contributed by atoms with Crippen LogP contribution in [0.25, 0.3) is 0 Å². The number of halogens is 2. The molecule has 0 spiro atoms. The first-order chi connectivity index (χ1) is 8.00. The fourth-order valence-electron chi connectivity index (χ4n) is 1.58. The summed E-state index contributed by atoms with van der Waals surface area (Å²) in [5.74, 6) is 0. The van der Waals surface area contributed by atoms with Gasteiger partial charge in [0.1, 0.15) is 0 Å². The number of hydrogen-bond donors (Lipinski definition) is 1. The standard InChI is InChI=1S/C13H20Cl2N2/c1-10(2)16-7-8-17(3)9-11-12(14)5-4-6-13(11)15/h4-6,10,16H,7-9H2,1-3H3. The van der Waals surface area contributed by atoms with Crippen LogP contribution in [0.15, 0.2) is 18.2 Å². The molecule has 0 amide bonds. The topological polar surface area (TPSA) is 15.3 Å². The van der Waals surface area contributed by atoms with Crippen LogP contribution in [0.5, 0.6) is 0 Å². The van der Waals surface area contributed by atoms with Crippen molar-refractivity contribution in [2.24, 2.45) is 0 Å². The first-order valence-electron chi connectivity index (χ1n) is 5.85. The molecule has 2 nitrogen and oxygen atoms in total. The molecule has 0 aromatic heterocycles. The van der Waals surface area contributed by atoms with Crippen LogP contribution < -0.4 is 5.32 Å². The molecule has 0 fully saturated rings. The van der Waals surface area contributed by atoms with Crippen molar-refractivity contribution in [3.8, 4) is 0 Å². The van der Waals surface area contributed by atoms with E-state index in [1.165, 1.54) is 0 Å². The van der Waals surface area contributed by atoms with E-state index in [1.54, 1.807) is 0 Å². The average molecular weight is 275 g/mol. The van der Waals surface area contributed by atoms with Gasteiger partial charge in [0.25, 0.3) is 0 Å². The van der Waals surface area contributed by atoms with E-state index < -0.39 is 0 Å². The minimum atomic E-state index is 0.521. The van der Waals surface area contributed by atoms with Crippen molar-refractivity contribution in [2.75, 3.05) is 20.1 Å². The molecule has 17 heavy (non-hydrogen) atoms. The molecule has 96 valence electrons. The van der Waals surface area contributed by atoms with Gasteiger partial charge in [-0.15, -0.1) is 0 Å². The Balaban J connectivity index is 2.47. The summed E-state index contributed by atoms with van der Waals surface area (Å²) in [4.78, 5) is 2.21. The second kappa shape index (κ2) is 7.22. The highest BCUT2D eigenvalue weighted by Gasteiger charge is 2.08. The van der Waals surface area contributed by atoms with E-state index in [2.05, 4.69) is 31.1 Å². The molecule has 0 unspecified atom stereocenters. The van der Waals surface area contributed by atoms with Crippen molar-refractivity contribution in [2.45, 2.75) is 26.4 Å². The fourth-order valence-corrected chi connectivity index (χ4v) is 2.09. The van der Waals surface area contributed by atoms with Gasteiger partial charge in [0, 0.05) is 41.3 Å². The molecular formula is C13H20Cl2N2. The van der Waals surface area contributed by atoms with Crippen LogP contribution in [0.4, 0.5) is 0 Å². The maximum atomic E-state index is 6.13. The van der Waals surface area contributed by atoms with E-state index in [9.17, 15) is 0 Å². The summed E-state index contributed by atoms with van der Waals surface area (Å²) in [6.45, 7) is 7.00. The molecule has 0 aliphatic heterocycles. The number of nitrogens with one attached hydrogen (secondary N) is 1. The second-order valence-corrected chi connectivity index (χ2v) is 5.36. The zero-order chi connectivity index (χ0) is 12.8. The van der Waals surface area contributed by atoms with Gasteiger partial charge in [-0.25, -0.2) is 0 Å². The highest BCUT2D eigenvalue weighted by atomic mass is 35.5. The van der Waals surface area contributed by atoms with Crippen LogP contribution in [0, 0.1) is 0 Å². The lowest BCUT2D eigenvalue weighted by Gasteiger charge is -2.19. The van der Waals surface area contributed by atoms with Crippen LogP contribution in [0.2, 0.25) is 10.0 Å². The lowest BCUT2D eigenvalue weighted by molar-refractivity contribution is 0.320. The van der Waals surface area contributed by atoms with Crippen LogP contribution in [-0.4, -0.2) is 31.1 Å².